The van der Waals surface area contributed by atoms with Gasteiger partial charge < -0.3 is 5.32 Å². The molecular weight excluding hydrogens is 166 g/mol. The summed E-state index contributed by atoms with van der Waals surface area (Å²) < 4.78 is 0. The van der Waals surface area contributed by atoms with Crippen molar-refractivity contribution in [3.05, 3.63) is 29.6 Å². The van der Waals surface area contributed by atoms with E-state index in [1.54, 1.807) is 18.3 Å². The van der Waals surface area contributed by atoms with Crippen molar-refractivity contribution < 1.29 is 4.79 Å². The lowest BCUT2D eigenvalue weighted by Gasteiger charge is -1.99. The molecule has 0 aliphatic heterocycles. The highest BCUT2D eigenvalue weighted by Gasteiger charge is 2.04. The van der Waals surface area contributed by atoms with E-state index in [1.165, 1.54) is 0 Å². The van der Waals surface area contributed by atoms with Crippen molar-refractivity contribution in [1.29, 1.82) is 5.26 Å². The molecule has 66 valence electrons. The molecule has 0 bridgehead atoms. The van der Waals surface area contributed by atoms with Crippen LogP contribution in [0.2, 0.25) is 0 Å². The van der Waals surface area contributed by atoms with Crippen LogP contribution in [-0.4, -0.2) is 17.4 Å². The van der Waals surface area contributed by atoms with Crippen molar-refractivity contribution in [2.75, 3.05) is 6.54 Å². The number of nitriles is 1. The van der Waals surface area contributed by atoms with Gasteiger partial charge in [0.05, 0.1) is 6.07 Å². The average molecular weight is 175 g/mol. The Bertz CT molecular complexity index is 354. The minimum absolute atomic E-state index is 0.00839. The van der Waals surface area contributed by atoms with Crippen molar-refractivity contribution in [2.24, 2.45) is 0 Å². The number of hydrogen-bond donors (Lipinski definition) is 1. The predicted octanol–water partition coefficient (Wildman–Crippen LogP) is 0.643. The third kappa shape index (κ3) is 2.56. The summed E-state index contributed by atoms with van der Waals surface area (Å²) in [6.07, 6.45) is 1.57. The Balaban J connectivity index is 2.72. The van der Waals surface area contributed by atoms with Crippen LogP contribution in [0.4, 0.5) is 0 Å². The smallest absolute Gasteiger partial charge is 0.270 e. The molecule has 0 fully saturated rings. The van der Waals surface area contributed by atoms with E-state index >= 15 is 0 Å². The predicted molar refractivity (Wildman–Crippen MR) is 46.9 cm³/mol. The van der Waals surface area contributed by atoms with Crippen LogP contribution in [0.3, 0.4) is 0 Å². The molecule has 0 radical (unpaired) electrons. The zero-order chi connectivity index (χ0) is 9.68. The van der Waals surface area contributed by atoms with Crippen LogP contribution in [0.1, 0.15) is 16.1 Å². The number of carbonyl (C=O) groups excluding carboxylic acids is 1. The molecule has 1 rings (SSSR count). The van der Waals surface area contributed by atoms with Crippen molar-refractivity contribution in [3.8, 4) is 6.07 Å². The Hall–Kier alpha value is -1.89. The van der Waals surface area contributed by atoms with Gasteiger partial charge in [-0.15, -0.1) is 0 Å². The van der Waals surface area contributed by atoms with Gasteiger partial charge in [-0.05, 0) is 24.6 Å². The van der Waals surface area contributed by atoms with E-state index in [4.69, 9.17) is 5.26 Å². The Morgan fingerprint density at radius 2 is 2.54 bits per heavy atom. The molecule has 13 heavy (non-hydrogen) atoms. The number of rotatable bonds is 2. The zero-order valence-electron chi connectivity index (χ0n) is 7.24. The first-order chi connectivity index (χ1) is 6.24. The topological polar surface area (TPSA) is 65.8 Å². The van der Waals surface area contributed by atoms with Crippen molar-refractivity contribution in [2.45, 2.75) is 6.92 Å². The molecule has 1 amide bonds. The van der Waals surface area contributed by atoms with Crippen LogP contribution in [0.5, 0.6) is 0 Å². The highest BCUT2D eigenvalue weighted by Crippen LogP contribution is 1.98. The fraction of sp³-hybridized carbons (Fsp3) is 0.222. The van der Waals surface area contributed by atoms with Gasteiger partial charge >= 0.3 is 0 Å². The number of amides is 1. The van der Waals surface area contributed by atoms with E-state index in [0.29, 0.717) is 5.69 Å². The largest absolute Gasteiger partial charge is 0.338 e. The van der Waals surface area contributed by atoms with E-state index in [-0.39, 0.29) is 12.5 Å². The van der Waals surface area contributed by atoms with E-state index in [0.717, 1.165) is 5.56 Å². The number of aromatic nitrogens is 1. The summed E-state index contributed by atoms with van der Waals surface area (Å²) >= 11 is 0. The van der Waals surface area contributed by atoms with Gasteiger partial charge in [-0.2, -0.15) is 5.26 Å². The van der Waals surface area contributed by atoms with Crippen LogP contribution in [0.15, 0.2) is 18.3 Å². The summed E-state index contributed by atoms with van der Waals surface area (Å²) in [6, 6.07) is 5.30. The molecule has 1 aromatic heterocycles. The van der Waals surface area contributed by atoms with Gasteiger partial charge in [-0.25, -0.2) is 0 Å². The van der Waals surface area contributed by atoms with Gasteiger partial charge in [-0.1, -0.05) is 0 Å². The first-order valence-electron chi connectivity index (χ1n) is 3.82. The van der Waals surface area contributed by atoms with Crippen molar-refractivity contribution in [1.82, 2.24) is 10.3 Å². The lowest BCUT2D eigenvalue weighted by atomic mass is 10.2. The van der Waals surface area contributed by atoms with E-state index in [1.807, 2.05) is 13.0 Å². The molecule has 4 heteroatoms. The molecule has 0 spiro atoms. The van der Waals surface area contributed by atoms with Crippen LogP contribution in [0.25, 0.3) is 0 Å². The number of pyridine rings is 1. The standard InChI is InChI=1S/C9H9N3O/c1-7-2-4-11-8(6-7)9(13)12-5-3-10/h2,4,6H,5H2,1H3,(H,12,13). The van der Waals surface area contributed by atoms with Crippen LogP contribution < -0.4 is 5.32 Å². The number of hydrogen-bond acceptors (Lipinski definition) is 3. The number of nitrogens with zero attached hydrogens (tertiary/aromatic N) is 2. The van der Waals surface area contributed by atoms with Gasteiger partial charge in [-0.3, -0.25) is 9.78 Å². The molecule has 4 nitrogen and oxygen atoms in total. The average Bonchev–Trinajstić information content (AvgIpc) is 2.14. The lowest BCUT2D eigenvalue weighted by molar-refractivity contribution is 0.0953. The molecule has 0 aliphatic carbocycles. The van der Waals surface area contributed by atoms with Crippen LogP contribution in [-0.2, 0) is 0 Å². The van der Waals surface area contributed by atoms with Gasteiger partial charge in [0, 0.05) is 6.20 Å². The van der Waals surface area contributed by atoms with Gasteiger partial charge in [0.25, 0.3) is 5.91 Å². The second-order valence-corrected chi connectivity index (χ2v) is 2.56. The first-order valence-corrected chi connectivity index (χ1v) is 3.82. The maximum atomic E-state index is 11.2. The Labute approximate surface area is 76.2 Å². The summed E-state index contributed by atoms with van der Waals surface area (Å²) in [5, 5.41) is 10.6. The second kappa shape index (κ2) is 4.21. The van der Waals surface area contributed by atoms with Gasteiger partial charge in [0.15, 0.2) is 0 Å². The van der Waals surface area contributed by atoms with Crippen LogP contribution in [0, 0.1) is 18.3 Å². The highest BCUT2D eigenvalue weighted by molar-refractivity contribution is 5.92. The molecule has 0 unspecified atom stereocenters. The Kier molecular flexibility index (Phi) is 2.98. The second-order valence-electron chi connectivity index (χ2n) is 2.56. The number of aryl methyl sites for hydroxylation is 1. The molecule has 1 heterocycles. The molecule has 0 atom stereocenters. The molecule has 0 saturated heterocycles. The molecule has 1 aromatic rings. The van der Waals surface area contributed by atoms with E-state index in [9.17, 15) is 4.79 Å². The molecule has 0 saturated carbocycles. The maximum absolute atomic E-state index is 11.2. The Morgan fingerprint density at radius 3 is 3.15 bits per heavy atom. The van der Waals surface area contributed by atoms with Gasteiger partial charge in [0.1, 0.15) is 12.2 Å². The lowest BCUT2D eigenvalue weighted by Crippen LogP contribution is -2.24. The molecule has 0 aromatic carbocycles. The van der Waals surface area contributed by atoms with Crippen molar-refractivity contribution in [3.63, 3.8) is 0 Å². The molecular formula is C9H9N3O. The fourth-order valence-electron chi connectivity index (χ4n) is 0.871. The fourth-order valence-corrected chi connectivity index (χ4v) is 0.871. The number of nitrogens with one attached hydrogen (secondary N) is 1. The maximum Gasteiger partial charge on any atom is 0.270 e. The normalized spacial score (nSPS) is 8.92. The van der Waals surface area contributed by atoms with E-state index < -0.39 is 0 Å². The van der Waals surface area contributed by atoms with Gasteiger partial charge in [0.2, 0.25) is 0 Å². The highest BCUT2D eigenvalue weighted by atomic mass is 16.1. The van der Waals surface area contributed by atoms with E-state index in [2.05, 4.69) is 10.3 Å². The first kappa shape index (κ1) is 9.20. The van der Waals surface area contributed by atoms with Crippen molar-refractivity contribution >= 4 is 5.91 Å². The summed E-state index contributed by atoms with van der Waals surface area (Å²) in [6.45, 7) is 1.89. The summed E-state index contributed by atoms with van der Waals surface area (Å²) in [5.41, 5.74) is 1.31. The monoisotopic (exact) mass is 175 g/mol. The Morgan fingerprint density at radius 1 is 1.77 bits per heavy atom. The SMILES string of the molecule is Cc1ccnc(C(=O)NCC#N)c1. The minimum atomic E-state index is -0.315. The third-order valence-corrected chi connectivity index (χ3v) is 1.48. The zero-order valence-corrected chi connectivity index (χ0v) is 7.24. The summed E-state index contributed by atoms with van der Waals surface area (Å²) in [4.78, 5) is 15.1. The van der Waals surface area contributed by atoms with Crippen LogP contribution >= 0.6 is 0 Å². The minimum Gasteiger partial charge on any atom is -0.338 e. The third-order valence-electron chi connectivity index (χ3n) is 1.48. The molecule has 1 N–H and O–H groups in total. The quantitative estimate of drug-likeness (QED) is 0.671. The number of carbonyl (C=O) groups is 1. The molecule has 0 aliphatic rings. The summed E-state index contributed by atoms with van der Waals surface area (Å²) in [7, 11) is 0. The summed E-state index contributed by atoms with van der Waals surface area (Å²) in [5.74, 6) is -0.315.